The highest BCUT2D eigenvalue weighted by Crippen LogP contribution is 2.20. The largest absolute Gasteiger partial charge is 0.380 e. The van der Waals surface area contributed by atoms with Crippen molar-refractivity contribution < 1.29 is 9.53 Å². The summed E-state index contributed by atoms with van der Waals surface area (Å²) >= 11 is 0. The van der Waals surface area contributed by atoms with Gasteiger partial charge in [0.1, 0.15) is 0 Å². The molecule has 5 nitrogen and oxygen atoms in total. The Bertz CT molecular complexity index is 540. The van der Waals surface area contributed by atoms with Crippen molar-refractivity contribution in [2.45, 2.75) is 44.9 Å². The van der Waals surface area contributed by atoms with Crippen LogP contribution in [-0.4, -0.2) is 61.6 Å². The standard InChI is InChI=1S/C20H31N3O2/c1-25-16-18-8-6-17(7-9-18)13-21-20(24)15-22-10-4-5-19(14-22)23-11-2-3-12-23/h6-9,19H,2-5,10-16H2,1H3,(H,21,24)/t19-/m1/s1. The highest BCUT2D eigenvalue weighted by Gasteiger charge is 2.27. The Morgan fingerprint density at radius 2 is 1.84 bits per heavy atom. The van der Waals surface area contributed by atoms with E-state index in [0.717, 1.165) is 24.2 Å². The predicted octanol–water partition coefficient (Wildman–Crippen LogP) is 2.01. The predicted molar refractivity (Wildman–Crippen MR) is 99.3 cm³/mol. The van der Waals surface area contributed by atoms with Crippen molar-refractivity contribution in [3.05, 3.63) is 35.4 Å². The number of piperidine rings is 1. The first-order valence-corrected chi connectivity index (χ1v) is 9.54. The van der Waals surface area contributed by atoms with Crippen molar-refractivity contribution in [1.82, 2.24) is 15.1 Å². The van der Waals surface area contributed by atoms with Gasteiger partial charge in [0.2, 0.25) is 5.91 Å². The van der Waals surface area contributed by atoms with Crippen LogP contribution in [0.2, 0.25) is 0 Å². The minimum atomic E-state index is 0.128. The van der Waals surface area contributed by atoms with Crippen LogP contribution < -0.4 is 5.32 Å². The average Bonchev–Trinajstić information content (AvgIpc) is 3.16. The Labute approximate surface area is 151 Å². The number of amides is 1. The van der Waals surface area contributed by atoms with E-state index in [1.165, 1.54) is 38.8 Å². The van der Waals surface area contributed by atoms with Crippen molar-refractivity contribution in [2.75, 3.05) is 39.8 Å². The Kier molecular flexibility index (Phi) is 6.84. The van der Waals surface area contributed by atoms with Crippen LogP contribution in [0.1, 0.15) is 36.8 Å². The van der Waals surface area contributed by atoms with Gasteiger partial charge in [-0.15, -0.1) is 0 Å². The number of nitrogens with zero attached hydrogens (tertiary/aromatic N) is 2. The third-order valence-corrected chi connectivity index (χ3v) is 5.33. The average molecular weight is 345 g/mol. The van der Waals surface area contributed by atoms with E-state index in [1.807, 2.05) is 0 Å². The summed E-state index contributed by atoms with van der Waals surface area (Å²) in [5, 5.41) is 3.06. The normalized spacial score (nSPS) is 22.2. The fourth-order valence-electron chi connectivity index (χ4n) is 3.96. The minimum absolute atomic E-state index is 0.128. The molecule has 1 amide bonds. The molecule has 0 radical (unpaired) electrons. The highest BCUT2D eigenvalue weighted by atomic mass is 16.5. The van der Waals surface area contributed by atoms with Gasteiger partial charge in [-0.2, -0.15) is 0 Å². The van der Waals surface area contributed by atoms with E-state index in [9.17, 15) is 4.79 Å². The quantitative estimate of drug-likeness (QED) is 0.821. The molecule has 2 fully saturated rings. The molecule has 0 unspecified atom stereocenters. The Morgan fingerprint density at radius 1 is 1.12 bits per heavy atom. The van der Waals surface area contributed by atoms with Gasteiger partial charge < -0.3 is 10.1 Å². The molecule has 3 rings (SSSR count). The summed E-state index contributed by atoms with van der Waals surface area (Å²) in [5.74, 6) is 0.128. The molecule has 138 valence electrons. The molecule has 1 N–H and O–H groups in total. The van der Waals surface area contributed by atoms with Crippen LogP contribution in [0, 0.1) is 0 Å². The second-order valence-electron chi connectivity index (χ2n) is 7.30. The van der Waals surface area contributed by atoms with Gasteiger partial charge in [0, 0.05) is 26.2 Å². The van der Waals surface area contributed by atoms with Crippen molar-refractivity contribution in [3.8, 4) is 0 Å². The lowest BCUT2D eigenvalue weighted by molar-refractivity contribution is -0.122. The van der Waals surface area contributed by atoms with E-state index >= 15 is 0 Å². The molecule has 2 aliphatic rings. The van der Waals surface area contributed by atoms with Crippen LogP contribution >= 0.6 is 0 Å². The minimum Gasteiger partial charge on any atom is -0.380 e. The number of likely N-dealkylation sites (tertiary alicyclic amines) is 2. The maximum atomic E-state index is 12.3. The summed E-state index contributed by atoms with van der Waals surface area (Å²) in [4.78, 5) is 17.2. The SMILES string of the molecule is COCc1ccc(CNC(=O)CN2CCC[C@@H](N3CCCC3)C2)cc1. The highest BCUT2D eigenvalue weighted by molar-refractivity contribution is 5.78. The molecule has 2 heterocycles. The summed E-state index contributed by atoms with van der Waals surface area (Å²) in [6.45, 7) is 6.30. The molecule has 5 heteroatoms. The maximum Gasteiger partial charge on any atom is 0.234 e. The van der Waals surface area contributed by atoms with Gasteiger partial charge in [-0.1, -0.05) is 24.3 Å². The van der Waals surface area contributed by atoms with E-state index in [0.29, 0.717) is 25.7 Å². The lowest BCUT2D eigenvalue weighted by Crippen LogP contribution is -2.49. The van der Waals surface area contributed by atoms with Crippen LogP contribution in [0.25, 0.3) is 0 Å². The fraction of sp³-hybridized carbons (Fsp3) is 0.650. The smallest absolute Gasteiger partial charge is 0.234 e. The second kappa shape index (κ2) is 9.32. The van der Waals surface area contributed by atoms with Crippen LogP contribution in [0.15, 0.2) is 24.3 Å². The van der Waals surface area contributed by atoms with Crippen molar-refractivity contribution in [2.24, 2.45) is 0 Å². The Morgan fingerprint density at radius 3 is 2.56 bits per heavy atom. The molecule has 1 aromatic rings. The summed E-state index contributed by atoms with van der Waals surface area (Å²) < 4.78 is 5.12. The molecule has 2 aliphatic heterocycles. The molecule has 2 saturated heterocycles. The number of carbonyl (C=O) groups excluding carboxylic acids is 1. The summed E-state index contributed by atoms with van der Waals surface area (Å²) in [6, 6.07) is 8.86. The third-order valence-electron chi connectivity index (χ3n) is 5.33. The molecule has 1 atom stereocenters. The van der Waals surface area contributed by atoms with Gasteiger partial charge >= 0.3 is 0 Å². The topological polar surface area (TPSA) is 44.8 Å². The van der Waals surface area contributed by atoms with Crippen LogP contribution in [0.4, 0.5) is 0 Å². The number of rotatable bonds is 7. The van der Waals surface area contributed by atoms with E-state index in [-0.39, 0.29) is 5.91 Å². The molecule has 25 heavy (non-hydrogen) atoms. The first-order valence-electron chi connectivity index (χ1n) is 9.54. The zero-order valence-corrected chi connectivity index (χ0v) is 15.4. The Balaban J connectivity index is 1.41. The summed E-state index contributed by atoms with van der Waals surface area (Å²) in [5.41, 5.74) is 2.28. The number of hydrogen-bond donors (Lipinski definition) is 1. The van der Waals surface area contributed by atoms with Gasteiger partial charge in [0.05, 0.1) is 13.2 Å². The Hall–Kier alpha value is -1.43. The molecule has 0 spiro atoms. The molecule has 0 aliphatic carbocycles. The molecular formula is C20H31N3O2. The van der Waals surface area contributed by atoms with E-state index < -0.39 is 0 Å². The van der Waals surface area contributed by atoms with E-state index in [2.05, 4.69) is 39.4 Å². The van der Waals surface area contributed by atoms with Gasteiger partial charge in [-0.05, 0) is 56.4 Å². The monoisotopic (exact) mass is 345 g/mol. The molecule has 0 saturated carbocycles. The first kappa shape index (κ1) is 18.4. The zero-order chi connectivity index (χ0) is 17.5. The van der Waals surface area contributed by atoms with Gasteiger partial charge in [-0.25, -0.2) is 0 Å². The fourth-order valence-corrected chi connectivity index (χ4v) is 3.96. The maximum absolute atomic E-state index is 12.3. The van der Waals surface area contributed by atoms with Gasteiger partial charge in [0.15, 0.2) is 0 Å². The van der Waals surface area contributed by atoms with Gasteiger partial charge in [0.25, 0.3) is 0 Å². The molecular weight excluding hydrogens is 314 g/mol. The summed E-state index contributed by atoms with van der Waals surface area (Å²) in [7, 11) is 1.70. The summed E-state index contributed by atoms with van der Waals surface area (Å²) in [6.07, 6.45) is 5.15. The lowest BCUT2D eigenvalue weighted by Gasteiger charge is -2.37. The number of carbonyl (C=O) groups is 1. The van der Waals surface area contributed by atoms with Crippen LogP contribution in [0.5, 0.6) is 0 Å². The van der Waals surface area contributed by atoms with Crippen molar-refractivity contribution in [3.63, 3.8) is 0 Å². The van der Waals surface area contributed by atoms with E-state index in [1.54, 1.807) is 7.11 Å². The van der Waals surface area contributed by atoms with Crippen LogP contribution in [0.3, 0.4) is 0 Å². The zero-order valence-electron chi connectivity index (χ0n) is 15.4. The number of hydrogen-bond acceptors (Lipinski definition) is 4. The van der Waals surface area contributed by atoms with Crippen molar-refractivity contribution >= 4 is 5.91 Å². The van der Waals surface area contributed by atoms with Crippen LogP contribution in [-0.2, 0) is 22.7 Å². The number of nitrogens with one attached hydrogen (secondary N) is 1. The first-order chi connectivity index (χ1) is 12.2. The molecule has 0 bridgehead atoms. The third kappa shape index (κ3) is 5.53. The number of benzene rings is 1. The van der Waals surface area contributed by atoms with E-state index in [4.69, 9.17) is 4.74 Å². The molecule has 1 aromatic carbocycles. The van der Waals surface area contributed by atoms with Gasteiger partial charge in [-0.3, -0.25) is 14.6 Å². The van der Waals surface area contributed by atoms with Crippen molar-refractivity contribution in [1.29, 1.82) is 0 Å². The second-order valence-corrected chi connectivity index (χ2v) is 7.30. The lowest BCUT2D eigenvalue weighted by atomic mass is 10.0. The number of ether oxygens (including phenoxy) is 1. The molecule has 0 aromatic heterocycles. The number of methoxy groups -OCH3 is 1.